The third-order valence-electron chi connectivity index (χ3n) is 4.70. The van der Waals surface area contributed by atoms with Crippen molar-refractivity contribution < 1.29 is 9.31 Å². The van der Waals surface area contributed by atoms with Crippen molar-refractivity contribution in [3.8, 4) is 0 Å². The van der Waals surface area contributed by atoms with Crippen molar-refractivity contribution in [3.05, 3.63) is 34.3 Å². The van der Waals surface area contributed by atoms with Crippen LogP contribution in [0, 0.1) is 13.8 Å². The van der Waals surface area contributed by atoms with E-state index in [1.54, 1.807) is 0 Å². The van der Waals surface area contributed by atoms with E-state index in [0.717, 1.165) is 22.3 Å². The second-order valence-corrected chi connectivity index (χ2v) is 7.10. The Morgan fingerprint density at radius 1 is 1.14 bits per heavy atom. The van der Waals surface area contributed by atoms with Crippen LogP contribution in [0.1, 0.15) is 44.4 Å². The van der Waals surface area contributed by atoms with Gasteiger partial charge in [-0.3, -0.25) is 0 Å². The van der Waals surface area contributed by atoms with Gasteiger partial charge in [0.05, 0.1) is 11.2 Å². The fraction of sp³-hybridized carbons (Fsp3) is 0.529. The number of nitrogen functional groups attached to an aromatic ring is 1. The Balaban J connectivity index is 2.38. The van der Waals surface area contributed by atoms with Crippen LogP contribution in [0.2, 0.25) is 0 Å². The lowest BCUT2D eigenvalue weighted by Crippen LogP contribution is -2.41. The Bertz CT molecular complexity index is 593. The minimum atomic E-state index is -0.435. The molecular weight excluding hydrogens is 275 g/mol. The molecule has 1 heterocycles. The van der Waals surface area contributed by atoms with Gasteiger partial charge in [-0.1, -0.05) is 17.7 Å². The number of nitrogens with two attached hydrogens (primary N) is 2. The number of anilines is 1. The van der Waals surface area contributed by atoms with Gasteiger partial charge in [0.25, 0.3) is 0 Å². The van der Waals surface area contributed by atoms with Crippen LogP contribution in [-0.2, 0) is 9.31 Å². The van der Waals surface area contributed by atoms with Gasteiger partial charge in [-0.2, -0.15) is 0 Å². The molecule has 0 aliphatic carbocycles. The van der Waals surface area contributed by atoms with E-state index in [9.17, 15) is 0 Å². The molecule has 0 radical (unpaired) electrons. The third kappa shape index (κ3) is 3.07. The maximum atomic E-state index is 6.19. The van der Waals surface area contributed by atoms with Crippen molar-refractivity contribution in [3.63, 3.8) is 0 Å². The van der Waals surface area contributed by atoms with E-state index in [1.807, 2.05) is 40.7 Å². The molecule has 4 N–H and O–H groups in total. The van der Waals surface area contributed by atoms with Crippen LogP contribution in [0.4, 0.5) is 5.69 Å². The molecule has 120 valence electrons. The summed E-state index contributed by atoms with van der Waals surface area (Å²) in [5, 5.41) is 0. The van der Waals surface area contributed by atoms with Crippen LogP contribution < -0.4 is 11.5 Å². The zero-order chi connectivity index (χ0) is 16.7. The molecule has 0 amide bonds. The van der Waals surface area contributed by atoms with E-state index in [0.29, 0.717) is 6.54 Å². The van der Waals surface area contributed by atoms with E-state index in [-0.39, 0.29) is 11.2 Å². The van der Waals surface area contributed by atoms with Gasteiger partial charge >= 0.3 is 7.12 Å². The molecule has 0 unspecified atom stereocenters. The predicted octanol–water partition coefficient (Wildman–Crippen LogP) is 2.86. The van der Waals surface area contributed by atoms with Crippen LogP contribution in [0.3, 0.4) is 0 Å². The van der Waals surface area contributed by atoms with Crippen LogP contribution >= 0.6 is 0 Å². The number of hydrogen-bond acceptors (Lipinski definition) is 4. The molecule has 0 aromatic heterocycles. The Hall–Kier alpha value is -1.30. The van der Waals surface area contributed by atoms with Gasteiger partial charge in [-0.05, 0) is 64.2 Å². The first-order valence-electron chi connectivity index (χ1n) is 7.70. The van der Waals surface area contributed by atoms with Gasteiger partial charge in [0.15, 0.2) is 0 Å². The SMILES string of the molecule is Cc1cc(C)c(N)c(C=C(CN)B2OC(C)(C)C(C)(C)O2)c1. The van der Waals surface area contributed by atoms with Gasteiger partial charge in [-0.25, -0.2) is 0 Å². The average Bonchev–Trinajstić information content (AvgIpc) is 2.60. The topological polar surface area (TPSA) is 70.5 Å². The number of benzene rings is 1. The van der Waals surface area contributed by atoms with Crippen molar-refractivity contribution in [2.45, 2.75) is 52.7 Å². The predicted molar refractivity (Wildman–Crippen MR) is 93.4 cm³/mol. The number of aryl methyl sites for hydroxylation is 2. The van der Waals surface area contributed by atoms with Gasteiger partial charge in [0.1, 0.15) is 0 Å². The smallest absolute Gasteiger partial charge is 0.400 e. The van der Waals surface area contributed by atoms with E-state index in [2.05, 4.69) is 19.1 Å². The number of hydrogen-bond donors (Lipinski definition) is 2. The summed E-state index contributed by atoms with van der Waals surface area (Å²) in [4.78, 5) is 0. The van der Waals surface area contributed by atoms with Crippen molar-refractivity contribution in [2.75, 3.05) is 12.3 Å². The van der Waals surface area contributed by atoms with E-state index < -0.39 is 7.12 Å². The Morgan fingerprint density at radius 3 is 2.18 bits per heavy atom. The molecule has 1 saturated heterocycles. The van der Waals surface area contributed by atoms with Crippen molar-refractivity contribution in [2.24, 2.45) is 5.73 Å². The van der Waals surface area contributed by atoms with E-state index in [1.165, 1.54) is 5.56 Å². The molecule has 1 fully saturated rings. The first-order chi connectivity index (χ1) is 10.1. The van der Waals surface area contributed by atoms with Crippen molar-refractivity contribution in [1.29, 1.82) is 0 Å². The molecule has 2 rings (SSSR count). The maximum absolute atomic E-state index is 6.19. The lowest BCUT2D eigenvalue weighted by molar-refractivity contribution is 0.00578. The molecule has 0 bridgehead atoms. The molecule has 22 heavy (non-hydrogen) atoms. The van der Waals surface area contributed by atoms with E-state index in [4.69, 9.17) is 20.8 Å². The molecule has 1 aromatic carbocycles. The molecule has 4 nitrogen and oxygen atoms in total. The summed E-state index contributed by atoms with van der Waals surface area (Å²) in [6.07, 6.45) is 2.00. The highest BCUT2D eigenvalue weighted by atomic mass is 16.7. The molecule has 0 spiro atoms. The van der Waals surface area contributed by atoms with Crippen LogP contribution in [0.15, 0.2) is 17.6 Å². The summed E-state index contributed by atoms with van der Waals surface area (Å²) in [5.41, 5.74) is 16.2. The maximum Gasteiger partial charge on any atom is 0.491 e. The Morgan fingerprint density at radius 2 is 1.68 bits per heavy atom. The highest BCUT2D eigenvalue weighted by Crippen LogP contribution is 2.38. The Kier molecular flexibility index (Phi) is 4.44. The fourth-order valence-corrected chi connectivity index (χ4v) is 2.55. The molecule has 1 aromatic rings. The van der Waals surface area contributed by atoms with Gasteiger partial charge < -0.3 is 20.8 Å². The second kappa shape index (κ2) is 5.72. The van der Waals surface area contributed by atoms with Crippen LogP contribution in [0.5, 0.6) is 0 Å². The summed E-state index contributed by atoms with van der Waals surface area (Å²) in [6, 6.07) is 4.13. The van der Waals surface area contributed by atoms with E-state index >= 15 is 0 Å². The average molecular weight is 302 g/mol. The van der Waals surface area contributed by atoms with Gasteiger partial charge in [0.2, 0.25) is 0 Å². The fourth-order valence-electron chi connectivity index (χ4n) is 2.55. The number of rotatable bonds is 3. The van der Waals surface area contributed by atoms with Crippen molar-refractivity contribution >= 4 is 18.9 Å². The molecule has 1 aliphatic heterocycles. The standard InChI is InChI=1S/C17H27BN2O2/c1-11-7-12(2)15(20)13(8-11)9-14(10-19)18-21-16(3,4)17(5,6)22-18/h7-9H,10,19-20H2,1-6H3. The van der Waals surface area contributed by atoms with Gasteiger partial charge in [0, 0.05) is 12.2 Å². The molecule has 0 atom stereocenters. The molecular formula is C17H27BN2O2. The first kappa shape index (κ1) is 17.1. The van der Waals surface area contributed by atoms with Gasteiger partial charge in [-0.15, -0.1) is 0 Å². The summed E-state index contributed by atoms with van der Waals surface area (Å²) in [7, 11) is -0.435. The molecule has 5 heteroatoms. The largest absolute Gasteiger partial charge is 0.491 e. The monoisotopic (exact) mass is 302 g/mol. The van der Waals surface area contributed by atoms with Crippen LogP contribution in [-0.4, -0.2) is 24.9 Å². The Labute approximate surface area is 134 Å². The summed E-state index contributed by atoms with van der Waals surface area (Å²) in [6.45, 7) is 12.6. The minimum Gasteiger partial charge on any atom is -0.400 e. The second-order valence-electron chi connectivity index (χ2n) is 7.10. The summed E-state index contributed by atoms with van der Waals surface area (Å²) < 4.78 is 12.2. The zero-order valence-corrected chi connectivity index (χ0v) is 14.5. The highest BCUT2D eigenvalue weighted by Gasteiger charge is 2.52. The lowest BCUT2D eigenvalue weighted by Gasteiger charge is -2.32. The summed E-state index contributed by atoms with van der Waals surface area (Å²) in [5.74, 6) is 0. The third-order valence-corrected chi connectivity index (χ3v) is 4.70. The minimum absolute atomic E-state index is 0.364. The quantitative estimate of drug-likeness (QED) is 0.665. The summed E-state index contributed by atoms with van der Waals surface area (Å²) >= 11 is 0. The molecule has 1 aliphatic rings. The molecule has 0 saturated carbocycles. The first-order valence-corrected chi connectivity index (χ1v) is 7.70. The zero-order valence-electron chi connectivity index (χ0n) is 14.5. The van der Waals surface area contributed by atoms with Crippen LogP contribution in [0.25, 0.3) is 6.08 Å². The highest BCUT2D eigenvalue weighted by molar-refractivity contribution is 6.56. The van der Waals surface area contributed by atoms with Crippen molar-refractivity contribution in [1.82, 2.24) is 0 Å². The lowest BCUT2D eigenvalue weighted by atomic mass is 9.77. The normalized spacial score (nSPS) is 20.5.